The van der Waals surface area contributed by atoms with Gasteiger partial charge in [0.05, 0.1) is 44.8 Å². The molecular weight excluding hydrogens is 891 g/mol. The SMILES string of the molecule is Cc1ccc(SSc2ccc(-n3c(=O)c4cc5c(=O)n(C)c(=O)c5cc4c3=O)cc2)cc1.Cc1ccc(SSc2ccc(N)cc2)cc1.O=C1CC(=O)c2cc3c(cc21)C(=O)OC3=O. The number of esters is 2. The van der Waals surface area contributed by atoms with Crippen molar-refractivity contribution >= 4 is 93.9 Å². The van der Waals surface area contributed by atoms with E-state index in [-0.39, 0.29) is 61.8 Å². The molecule has 1 aliphatic heterocycles. The van der Waals surface area contributed by atoms with Gasteiger partial charge in [0.15, 0.2) is 11.6 Å². The summed E-state index contributed by atoms with van der Waals surface area (Å²) in [5.74, 6) is -2.19. The molecule has 0 bridgehead atoms. The van der Waals surface area contributed by atoms with Crippen LogP contribution in [0.25, 0.3) is 27.2 Å². The van der Waals surface area contributed by atoms with E-state index in [1.165, 1.54) is 52.2 Å². The Morgan fingerprint density at radius 1 is 0.453 bits per heavy atom. The van der Waals surface area contributed by atoms with Gasteiger partial charge < -0.3 is 10.5 Å². The number of ether oxygens (including phenoxy) is 1. The van der Waals surface area contributed by atoms with Gasteiger partial charge in [0, 0.05) is 43.4 Å². The van der Waals surface area contributed by atoms with Crippen molar-refractivity contribution in [2.24, 2.45) is 7.05 Å². The van der Waals surface area contributed by atoms with Crippen LogP contribution in [0.4, 0.5) is 5.69 Å². The summed E-state index contributed by atoms with van der Waals surface area (Å²) in [5, 5.41) is 0.579. The van der Waals surface area contributed by atoms with Crippen molar-refractivity contribution in [3.05, 3.63) is 196 Å². The summed E-state index contributed by atoms with van der Waals surface area (Å²) in [6, 6.07) is 37.1. The van der Waals surface area contributed by atoms with Gasteiger partial charge in [-0.25, -0.2) is 14.2 Å². The summed E-state index contributed by atoms with van der Waals surface area (Å²) in [7, 11) is 8.10. The smallest absolute Gasteiger partial charge is 0.346 e. The maximum atomic E-state index is 13.0. The Labute approximate surface area is 379 Å². The van der Waals surface area contributed by atoms with Crippen LogP contribution in [0, 0.1) is 13.8 Å². The first-order chi connectivity index (χ1) is 30.7. The summed E-state index contributed by atoms with van der Waals surface area (Å²) in [5.41, 5.74) is 7.96. The molecule has 0 amide bonds. The van der Waals surface area contributed by atoms with Crippen LogP contribution in [0.1, 0.15) is 59.0 Å². The molecule has 3 heterocycles. The number of nitrogens with zero attached hydrogens (tertiary/aromatic N) is 2. The molecule has 0 saturated carbocycles. The highest BCUT2D eigenvalue weighted by Crippen LogP contribution is 2.38. The molecule has 0 unspecified atom stereocenters. The number of ketones is 2. The fourth-order valence-electron chi connectivity index (χ4n) is 6.81. The molecule has 8 aromatic rings. The Morgan fingerprint density at radius 2 is 0.797 bits per heavy atom. The van der Waals surface area contributed by atoms with Crippen molar-refractivity contribution in [2.75, 3.05) is 5.73 Å². The lowest BCUT2D eigenvalue weighted by Crippen LogP contribution is -2.23. The van der Waals surface area contributed by atoms with Gasteiger partial charge in [-0.1, -0.05) is 78.6 Å². The van der Waals surface area contributed by atoms with Crippen molar-refractivity contribution in [2.45, 2.75) is 39.9 Å². The van der Waals surface area contributed by atoms with E-state index in [2.05, 4.69) is 60.2 Å². The fraction of sp³-hybridized carbons (Fsp3) is 0.0833. The average molecular weight is 924 g/mol. The van der Waals surface area contributed by atoms with E-state index in [9.17, 15) is 38.4 Å². The molecule has 12 nitrogen and oxygen atoms in total. The molecule has 0 saturated heterocycles. The van der Waals surface area contributed by atoms with Crippen LogP contribution in [-0.4, -0.2) is 32.6 Å². The number of carbonyl (C=O) groups excluding carboxylic acids is 4. The summed E-state index contributed by atoms with van der Waals surface area (Å²) >= 11 is 0. The van der Waals surface area contributed by atoms with Crippen LogP contribution in [0.5, 0.6) is 0 Å². The lowest BCUT2D eigenvalue weighted by atomic mass is 10.0. The molecule has 10 rings (SSSR count). The number of fused-ring (bicyclic) bond motifs is 4. The third-order valence-electron chi connectivity index (χ3n) is 10.3. The molecule has 64 heavy (non-hydrogen) atoms. The number of cyclic esters (lactones) is 2. The quantitative estimate of drug-likeness (QED) is 0.0694. The lowest BCUT2D eigenvalue weighted by Gasteiger charge is -2.04. The molecule has 2 N–H and O–H groups in total. The van der Waals surface area contributed by atoms with E-state index in [1.54, 1.807) is 55.3 Å². The first-order valence-corrected chi connectivity index (χ1v) is 23.6. The van der Waals surface area contributed by atoms with E-state index in [1.807, 2.05) is 43.3 Å². The molecular formula is C48H33N3O9S4. The third kappa shape index (κ3) is 8.90. The van der Waals surface area contributed by atoms with Gasteiger partial charge in [-0.2, -0.15) is 0 Å². The van der Waals surface area contributed by atoms with Gasteiger partial charge >= 0.3 is 11.9 Å². The Morgan fingerprint density at radius 3 is 1.19 bits per heavy atom. The van der Waals surface area contributed by atoms with Gasteiger partial charge in [-0.05, 0) is 111 Å². The molecule has 0 atom stereocenters. The Kier molecular flexibility index (Phi) is 12.5. The van der Waals surface area contributed by atoms with Crippen molar-refractivity contribution in [1.82, 2.24) is 9.13 Å². The number of rotatable bonds is 7. The van der Waals surface area contributed by atoms with Crippen LogP contribution in [0.15, 0.2) is 160 Å². The summed E-state index contributed by atoms with van der Waals surface area (Å²) < 4.78 is 6.45. The zero-order valence-corrected chi connectivity index (χ0v) is 37.3. The maximum absolute atomic E-state index is 13.0. The maximum Gasteiger partial charge on any atom is 0.346 e. The molecule has 1 aliphatic carbocycles. The molecule has 2 aromatic heterocycles. The minimum Gasteiger partial charge on any atom is -0.399 e. The second-order valence-electron chi connectivity index (χ2n) is 14.7. The predicted molar refractivity (Wildman–Crippen MR) is 253 cm³/mol. The van der Waals surface area contributed by atoms with Crippen LogP contribution in [0.3, 0.4) is 0 Å². The van der Waals surface area contributed by atoms with Crippen molar-refractivity contribution in [3.63, 3.8) is 0 Å². The second kappa shape index (κ2) is 18.2. The Balaban J connectivity index is 0.000000146. The van der Waals surface area contributed by atoms with Crippen LogP contribution in [0.2, 0.25) is 0 Å². The number of benzene rings is 6. The standard InChI is InChI=1S/C24H16N2O4S2.C13H13NS2.C11H4O5/c1-13-3-7-15(8-4-13)31-32-16-9-5-14(6-10-16)26-23(29)19-11-17-18(12-20(19)24(26)30)22(28)25(2)21(17)27;1-10-2-6-12(7-3-10)15-16-13-8-4-11(14)5-9-13;12-8-3-9(13)5-2-7-6(1-4(5)8)10(14)16-11(7)15/h3-12H,1-2H3;2-9H,14H2,1H3;1-2H,3H2. The highest BCUT2D eigenvalue weighted by Gasteiger charge is 2.36. The number of nitrogen functional groups attached to an aromatic ring is 1. The summed E-state index contributed by atoms with van der Waals surface area (Å²) in [4.78, 5) is 100. The Bertz CT molecular complexity index is 3180. The van der Waals surface area contributed by atoms with Crippen LogP contribution >= 0.6 is 43.2 Å². The van der Waals surface area contributed by atoms with E-state index < -0.39 is 34.2 Å². The number of aromatic nitrogens is 2. The van der Waals surface area contributed by atoms with Gasteiger partial charge in [0.2, 0.25) is 0 Å². The normalized spacial score (nSPS) is 12.7. The minimum absolute atomic E-state index is 0.0619. The molecule has 6 aromatic carbocycles. The highest BCUT2D eigenvalue weighted by atomic mass is 33.1. The number of hydrogen-bond acceptors (Lipinski definition) is 14. The number of aryl methyl sites for hydroxylation is 2. The van der Waals surface area contributed by atoms with Gasteiger partial charge in [0.25, 0.3) is 22.2 Å². The first kappa shape index (κ1) is 43.9. The zero-order chi connectivity index (χ0) is 45.4. The van der Waals surface area contributed by atoms with Gasteiger partial charge in [-0.3, -0.25) is 33.3 Å². The van der Waals surface area contributed by atoms with Gasteiger partial charge in [0.1, 0.15) is 0 Å². The number of Topliss-reactive ketones (excluding diaryl/α,β-unsaturated/α-hetero) is 2. The Hall–Kier alpha value is -6.72. The number of hydrogen-bond donors (Lipinski definition) is 1. The number of anilines is 1. The molecule has 2 aliphatic rings. The van der Waals surface area contributed by atoms with E-state index in [0.717, 1.165) is 24.6 Å². The molecule has 0 spiro atoms. The molecule has 318 valence electrons. The first-order valence-electron chi connectivity index (χ1n) is 19.3. The van der Waals surface area contributed by atoms with Crippen LogP contribution < -0.4 is 28.0 Å². The predicted octanol–water partition coefficient (Wildman–Crippen LogP) is 8.69. The highest BCUT2D eigenvalue weighted by molar-refractivity contribution is 8.77. The monoisotopic (exact) mass is 923 g/mol. The molecule has 0 radical (unpaired) electrons. The fourth-order valence-corrected chi connectivity index (χ4v) is 10.7. The number of nitrogens with two attached hydrogens (primary N) is 1. The second-order valence-corrected chi connectivity index (χ2v) is 19.3. The van der Waals surface area contributed by atoms with E-state index >= 15 is 0 Å². The topological polar surface area (TPSA) is 182 Å². The van der Waals surface area contributed by atoms with E-state index in [0.29, 0.717) is 5.69 Å². The summed E-state index contributed by atoms with van der Waals surface area (Å²) in [6.45, 7) is 4.14. The largest absolute Gasteiger partial charge is 0.399 e. The summed E-state index contributed by atoms with van der Waals surface area (Å²) in [6.07, 6.45) is -0.193. The number of carbonyl (C=O) groups is 4. The van der Waals surface area contributed by atoms with Crippen molar-refractivity contribution < 1.29 is 23.9 Å². The lowest BCUT2D eigenvalue weighted by molar-refractivity contribution is 0.0443. The van der Waals surface area contributed by atoms with Crippen molar-refractivity contribution in [1.29, 1.82) is 0 Å². The van der Waals surface area contributed by atoms with Crippen LogP contribution in [-0.2, 0) is 11.8 Å². The van der Waals surface area contributed by atoms with Crippen molar-refractivity contribution in [3.8, 4) is 5.69 Å². The molecule has 16 heteroatoms. The average Bonchev–Trinajstić information content (AvgIpc) is 3.91. The van der Waals surface area contributed by atoms with E-state index in [4.69, 9.17) is 5.73 Å². The minimum atomic E-state index is -0.769. The zero-order valence-electron chi connectivity index (χ0n) is 34.0. The molecule has 0 fully saturated rings. The third-order valence-corrected chi connectivity index (χ3v) is 15.1. The van der Waals surface area contributed by atoms with Gasteiger partial charge in [-0.15, -0.1) is 0 Å².